The molecule has 2 aromatic rings. The Bertz CT molecular complexity index is 805. The molecule has 1 fully saturated rings. The van der Waals surface area contributed by atoms with E-state index in [1.54, 1.807) is 12.3 Å². The summed E-state index contributed by atoms with van der Waals surface area (Å²) in [7, 11) is 0. The van der Waals surface area contributed by atoms with Crippen LogP contribution >= 0.6 is 15.9 Å². The Morgan fingerprint density at radius 2 is 2.08 bits per heavy atom. The van der Waals surface area contributed by atoms with Gasteiger partial charge in [-0.05, 0) is 55.7 Å². The van der Waals surface area contributed by atoms with Gasteiger partial charge in [0.05, 0.1) is 5.56 Å². The summed E-state index contributed by atoms with van der Waals surface area (Å²) >= 11 is 3.47. The second-order valence-corrected chi connectivity index (χ2v) is 7.09. The van der Waals surface area contributed by atoms with Gasteiger partial charge >= 0.3 is 0 Å². The number of hydrogen-bond donors (Lipinski definition) is 1. The minimum absolute atomic E-state index is 0.0126. The highest BCUT2D eigenvalue weighted by molar-refractivity contribution is 9.10. The summed E-state index contributed by atoms with van der Waals surface area (Å²) in [5.41, 5.74) is 2.49. The molecule has 1 aromatic carbocycles. The van der Waals surface area contributed by atoms with Crippen molar-refractivity contribution in [1.82, 2.24) is 4.98 Å². The van der Waals surface area contributed by atoms with Crippen molar-refractivity contribution in [3.8, 4) is 6.07 Å². The van der Waals surface area contributed by atoms with E-state index in [2.05, 4.69) is 37.2 Å². The topological polar surface area (TPSA) is 69.0 Å². The molecule has 0 saturated carbocycles. The lowest BCUT2D eigenvalue weighted by Crippen LogP contribution is -2.38. The number of aryl methyl sites for hydroxylation is 1. The number of nitrogens with one attached hydrogen (secondary N) is 1. The minimum Gasteiger partial charge on any atom is -0.357 e. The van der Waals surface area contributed by atoms with Gasteiger partial charge in [-0.3, -0.25) is 4.79 Å². The molecule has 0 bridgehead atoms. The maximum Gasteiger partial charge on any atom is 0.227 e. The van der Waals surface area contributed by atoms with Crippen molar-refractivity contribution in [3.05, 3.63) is 52.1 Å². The van der Waals surface area contributed by atoms with E-state index in [-0.39, 0.29) is 11.8 Å². The van der Waals surface area contributed by atoms with Gasteiger partial charge in [-0.15, -0.1) is 0 Å². The zero-order valence-corrected chi connectivity index (χ0v) is 15.6. The Labute approximate surface area is 155 Å². The van der Waals surface area contributed by atoms with Crippen molar-refractivity contribution in [2.45, 2.75) is 19.8 Å². The Kier molecular flexibility index (Phi) is 5.34. The van der Waals surface area contributed by atoms with E-state index in [4.69, 9.17) is 5.26 Å². The quantitative estimate of drug-likeness (QED) is 0.851. The molecule has 25 heavy (non-hydrogen) atoms. The first-order valence-corrected chi connectivity index (χ1v) is 9.04. The number of halogens is 1. The van der Waals surface area contributed by atoms with Crippen LogP contribution in [0.15, 0.2) is 41.0 Å². The SMILES string of the molecule is Cc1cc(NC(=O)C2CCN(c3ccc(C#N)cn3)CC2)ccc1Br. The second kappa shape index (κ2) is 7.66. The average molecular weight is 399 g/mol. The van der Waals surface area contributed by atoms with Crippen LogP contribution in [0.3, 0.4) is 0 Å². The number of nitrogens with zero attached hydrogens (tertiary/aromatic N) is 3. The lowest BCUT2D eigenvalue weighted by Gasteiger charge is -2.32. The number of anilines is 2. The van der Waals surface area contributed by atoms with Crippen molar-refractivity contribution in [1.29, 1.82) is 5.26 Å². The lowest BCUT2D eigenvalue weighted by atomic mass is 9.95. The number of amides is 1. The number of hydrogen-bond acceptors (Lipinski definition) is 4. The van der Waals surface area contributed by atoms with Crippen LogP contribution in [-0.2, 0) is 4.79 Å². The molecule has 3 rings (SSSR count). The van der Waals surface area contributed by atoms with Gasteiger partial charge in [0.25, 0.3) is 0 Å². The molecule has 0 unspecified atom stereocenters. The van der Waals surface area contributed by atoms with Gasteiger partial charge in [-0.25, -0.2) is 4.98 Å². The molecule has 0 atom stereocenters. The number of pyridine rings is 1. The predicted molar refractivity (Wildman–Crippen MR) is 101 cm³/mol. The smallest absolute Gasteiger partial charge is 0.227 e. The number of carbonyl (C=O) groups excluding carboxylic acids is 1. The minimum atomic E-state index is 0.0126. The van der Waals surface area contributed by atoms with Crippen LogP contribution in [0.5, 0.6) is 0 Å². The predicted octanol–water partition coefficient (Wildman–Crippen LogP) is 3.88. The Morgan fingerprint density at radius 1 is 1.32 bits per heavy atom. The maximum atomic E-state index is 12.5. The van der Waals surface area contributed by atoms with Crippen LogP contribution < -0.4 is 10.2 Å². The molecule has 0 radical (unpaired) electrons. The van der Waals surface area contributed by atoms with E-state index in [1.807, 2.05) is 31.2 Å². The normalized spacial score (nSPS) is 14.8. The number of carbonyl (C=O) groups is 1. The fourth-order valence-electron chi connectivity index (χ4n) is 2.98. The van der Waals surface area contributed by atoms with Crippen LogP contribution in [0.4, 0.5) is 11.5 Å². The molecule has 1 aliphatic heterocycles. The zero-order chi connectivity index (χ0) is 17.8. The number of nitriles is 1. The van der Waals surface area contributed by atoms with Crippen molar-refractivity contribution < 1.29 is 4.79 Å². The van der Waals surface area contributed by atoms with E-state index in [0.717, 1.165) is 47.5 Å². The van der Waals surface area contributed by atoms with Gasteiger partial charge in [-0.2, -0.15) is 5.26 Å². The summed E-state index contributed by atoms with van der Waals surface area (Å²) in [4.78, 5) is 19.0. The first-order chi connectivity index (χ1) is 12.1. The van der Waals surface area contributed by atoms with Crippen LogP contribution in [0, 0.1) is 24.2 Å². The Morgan fingerprint density at radius 3 is 2.68 bits per heavy atom. The molecule has 1 aromatic heterocycles. The number of aromatic nitrogens is 1. The summed E-state index contributed by atoms with van der Waals surface area (Å²) in [5, 5.41) is 11.9. The first kappa shape index (κ1) is 17.4. The molecule has 1 saturated heterocycles. The molecule has 1 N–H and O–H groups in total. The monoisotopic (exact) mass is 398 g/mol. The zero-order valence-electron chi connectivity index (χ0n) is 14.0. The highest BCUT2D eigenvalue weighted by Crippen LogP contribution is 2.24. The molecule has 1 aliphatic rings. The van der Waals surface area contributed by atoms with Crippen LogP contribution in [0.25, 0.3) is 0 Å². The van der Waals surface area contributed by atoms with Gasteiger partial charge in [0, 0.05) is 35.4 Å². The first-order valence-electron chi connectivity index (χ1n) is 8.25. The summed E-state index contributed by atoms with van der Waals surface area (Å²) in [6, 6.07) is 11.5. The molecule has 6 heteroatoms. The van der Waals surface area contributed by atoms with E-state index >= 15 is 0 Å². The maximum absolute atomic E-state index is 12.5. The lowest BCUT2D eigenvalue weighted by molar-refractivity contribution is -0.120. The number of benzene rings is 1. The summed E-state index contributed by atoms with van der Waals surface area (Å²) in [6.07, 6.45) is 3.18. The average Bonchev–Trinajstić information content (AvgIpc) is 2.65. The molecule has 2 heterocycles. The number of rotatable bonds is 3. The van der Waals surface area contributed by atoms with Crippen molar-refractivity contribution in [2.75, 3.05) is 23.3 Å². The second-order valence-electron chi connectivity index (χ2n) is 6.23. The van der Waals surface area contributed by atoms with Gasteiger partial charge in [0.1, 0.15) is 11.9 Å². The molecular formula is C19H19BrN4O. The van der Waals surface area contributed by atoms with Gasteiger partial charge in [0.2, 0.25) is 5.91 Å². The van der Waals surface area contributed by atoms with Crippen molar-refractivity contribution >= 4 is 33.3 Å². The molecule has 0 spiro atoms. The number of piperidine rings is 1. The third kappa shape index (κ3) is 4.18. The molecule has 1 amide bonds. The van der Waals surface area contributed by atoms with Crippen molar-refractivity contribution in [2.24, 2.45) is 5.92 Å². The van der Waals surface area contributed by atoms with Gasteiger partial charge in [0.15, 0.2) is 0 Å². The molecule has 0 aliphatic carbocycles. The molecule has 5 nitrogen and oxygen atoms in total. The van der Waals surface area contributed by atoms with E-state index < -0.39 is 0 Å². The van der Waals surface area contributed by atoms with E-state index in [0.29, 0.717) is 5.56 Å². The fourth-order valence-corrected chi connectivity index (χ4v) is 3.22. The standard InChI is InChI=1S/C19H19BrN4O/c1-13-10-16(3-4-17(13)20)23-19(25)15-6-8-24(9-7-15)18-5-2-14(11-21)12-22-18/h2-5,10,12,15H,6-9H2,1H3,(H,23,25). The summed E-state index contributed by atoms with van der Waals surface area (Å²) < 4.78 is 1.04. The highest BCUT2D eigenvalue weighted by atomic mass is 79.9. The Hall–Kier alpha value is -2.39. The van der Waals surface area contributed by atoms with Gasteiger partial charge in [-0.1, -0.05) is 15.9 Å². The highest BCUT2D eigenvalue weighted by Gasteiger charge is 2.25. The largest absolute Gasteiger partial charge is 0.357 e. The van der Waals surface area contributed by atoms with E-state index in [9.17, 15) is 4.79 Å². The third-order valence-corrected chi connectivity index (χ3v) is 5.38. The van der Waals surface area contributed by atoms with Crippen LogP contribution in [0.2, 0.25) is 0 Å². The Balaban J connectivity index is 1.56. The van der Waals surface area contributed by atoms with E-state index in [1.165, 1.54) is 0 Å². The van der Waals surface area contributed by atoms with Gasteiger partial charge < -0.3 is 10.2 Å². The summed E-state index contributed by atoms with van der Waals surface area (Å²) in [5.74, 6) is 0.953. The van der Waals surface area contributed by atoms with Crippen molar-refractivity contribution in [3.63, 3.8) is 0 Å². The fraction of sp³-hybridized carbons (Fsp3) is 0.316. The summed E-state index contributed by atoms with van der Waals surface area (Å²) in [6.45, 7) is 3.58. The van der Waals surface area contributed by atoms with Crippen LogP contribution in [0.1, 0.15) is 24.0 Å². The molecular weight excluding hydrogens is 380 g/mol. The van der Waals surface area contributed by atoms with Crippen LogP contribution in [-0.4, -0.2) is 24.0 Å². The third-order valence-electron chi connectivity index (χ3n) is 4.49. The molecule has 128 valence electrons.